The first-order valence-corrected chi connectivity index (χ1v) is 10.3. The van der Waals surface area contributed by atoms with Crippen LogP contribution in [0.15, 0.2) is 42.9 Å². The highest BCUT2D eigenvalue weighted by Gasteiger charge is 2.28. The highest BCUT2D eigenvalue weighted by atomic mass is 35.5. The Bertz CT molecular complexity index is 1230. The van der Waals surface area contributed by atoms with Gasteiger partial charge in [0.05, 0.1) is 29.6 Å². The highest BCUT2D eigenvalue weighted by Crippen LogP contribution is 2.37. The first-order chi connectivity index (χ1) is 14.6. The summed E-state index contributed by atoms with van der Waals surface area (Å²) in [5.41, 5.74) is 7.53. The molecule has 1 aliphatic carbocycles. The molecule has 154 valence electrons. The molecule has 8 heteroatoms. The SMILES string of the molecule is COc1ncnc2c1ccn2C1CCC(COc2ccc3cc(Cl)c(N)nc3c2)C1. The van der Waals surface area contributed by atoms with Gasteiger partial charge in [-0.3, -0.25) is 0 Å². The van der Waals surface area contributed by atoms with Gasteiger partial charge in [0.15, 0.2) is 0 Å². The van der Waals surface area contributed by atoms with E-state index in [1.54, 1.807) is 13.4 Å². The molecule has 30 heavy (non-hydrogen) atoms. The molecule has 1 aliphatic rings. The van der Waals surface area contributed by atoms with Crippen molar-refractivity contribution in [2.45, 2.75) is 25.3 Å². The second-order valence-corrected chi connectivity index (χ2v) is 8.10. The van der Waals surface area contributed by atoms with Crippen LogP contribution >= 0.6 is 11.6 Å². The van der Waals surface area contributed by atoms with Crippen molar-refractivity contribution in [2.75, 3.05) is 19.5 Å². The zero-order chi connectivity index (χ0) is 20.7. The number of pyridine rings is 1. The van der Waals surface area contributed by atoms with Crippen molar-refractivity contribution in [1.29, 1.82) is 0 Å². The third kappa shape index (κ3) is 3.39. The molecule has 4 aromatic rings. The third-order valence-corrected chi connectivity index (χ3v) is 6.13. The van der Waals surface area contributed by atoms with Crippen LogP contribution in [0.2, 0.25) is 5.02 Å². The lowest BCUT2D eigenvalue weighted by molar-refractivity contribution is 0.248. The van der Waals surface area contributed by atoms with Crippen molar-refractivity contribution in [3.05, 3.63) is 47.9 Å². The number of rotatable bonds is 5. The number of nitrogens with two attached hydrogens (primary N) is 1. The van der Waals surface area contributed by atoms with Crippen molar-refractivity contribution < 1.29 is 9.47 Å². The van der Waals surface area contributed by atoms with Gasteiger partial charge in [0.25, 0.3) is 0 Å². The van der Waals surface area contributed by atoms with E-state index in [1.165, 1.54) is 0 Å². The Morgan fingerprint density at radius 2 is 2.10 bits per heavy atom. The summed E-state index contributed by atoms with van der Waals surface area (Å²) in [5, 5.41) is 2.36. The van der Waals surface area contributed by atoms with Crippen LogP contribution in [0.5, 0.6) is 11.6 Å². The monoisotopic (exact) mass is 423 g/mol. The minimum absolute atomic E-state index is 0.333. The van der Waals surface area contributed by atoms with Crippen LogP contribution in [0.3, 0.4) is 0 Å². The zero-order valence-electron chi connectivity index (χ0n) is 16.6. The number of hydrogen-bond acceptors (Lipinski definition) is 6. The van der Waals surface area contributed by atoms with Crippen molar-refractivity contribution >= 4 is 39.4 Å². The van der Waals surface area contributed by atoms with Gasteiger partial charge >= 0.3 is 0 Å². The molecule has 0 aliphatic heterocycles. The van der Waals surface area contributed by atoms with Gasteiger partial charge in [-0.25, -0.2) is 15.0 Å². The smallest absolute Gasteiger partial charge is 0.225 e. The van der Waals surface area contributed by atoms with Crippen LogP contribution in [-0.4, -0.2) is 33.2 Å². The average Bonchev–Trinajstić information content (AvgIpc) is 3.39. The standard InChI is InChI=1S/C22H22ClN5O2/c1-29-22-17-6-7-28(21(17)25-12-26-22)15-4-2-13(8-15)11-30-16-5-3-14-9-18(23)20(24)27-19(14)10-16/h3,5-7,9-10,12-13,15H,2,4,8,11H2,1H3,(H2,24,27). The minimum Gasteiger partial charge on any atom is -0.493 e. The van der Waals surface area contributed by atoms with Gasteiger partial charge in [0, 0.05) is 23.7 Å². The Labute approximate surface area is 178 Å². The molecule has 0 saturated heterocycles. The van der Waals surface area contributed by atoms with Crippen LogP contribution in [0.1, 0.15) is 25.3 Å². The van der Waals surface area contributed by atoms with Crippen molar-refractivity contribution in [1.82, 2.24) is 19.5 Å². The fraction of sp³-hybridized carbons (Fsp3) is 0.318. The summed E-state index contributed by atoms with van der Waals surface area (Å²) in [6.45, 7) is 0.669. The molecular weight excluding hydrogens is 402 g/mol. The van der Waals surface area contributed by atoms with Crippen molar-refractivity contribution in [3.63, 3.8) is 0 Å². The number of fused-ring (bicyclic) bond motifs is 2. The molecule has 0 radical (unpaired) electrons. The number of anilines is 1. The number of benzene rings is 1. The molecule has 7 nitrogen and oxygen atoms in total. The predicted octanol–water partition coefficient (Wildman–Crippen LogP) is 4.64. The van der Waals surface area contributed by atoms with E-state index in [4.69, 9.17) is 26.8 Å². The average molecular weight is 424 g/mol. The summed E-state index contributed by atoms with van der Waals surface area (Å²) in [7, 11) is 1.63. The van der Waals surface area contributed by atoms with Crippen LogP contribution in [0.4, 0.5) is 5.82 Å². The van der Waals surface area contributed by atoms with Crippen molar-refractivity contribution in [2.24, 2.45) is 5.92 Å². The van der Waals surface area contributed by atoms with Gasteiger partial charge in [0.2, 0.25) is 5.88 Å². The normalized spacial score (nSPS) is 18.9. The summed E-state index contributed by atoms with van der Waals surface area (Å²) in [5.74, 6) is 2.22. The van der Waals surface area contributed by atoms with Crippen LogP contribution in [0.25, 0.3) is 21.9 Å². The molecule has 2 unspecified atom stereocenters. The number of nitrogens with zero attached hydrogens (tertiary/aromatic N) is 4. The molecule has 1 fully saturated rings. The summed E-state index contributed by atoms with van der Waals surface area (Å²) in [6, 6.07) is 10.1. The zero-order valence-corrected chi connectivity index (χ0v) is 17.3. The summed E-state index contributed by atoms with van der Waals surface area (Å²) >= 11 is 6.05. The maximum absolute atomic E-state index is 6.09. The van der Waals surface area contributed by atoms with Gasteiger partial charge < -0.3 is 19.8 Å². The van der Waals surface area contributed by atoms with E-state index in [0.717, 1.165) is 46.9 Å². The molecule has 3 heterocycles. The second-order valence-electron chi connectivity index (χ2n) is 7.70. The fourth-order valence-corrected chi connectivity index (χ4v) is 4.46. The third-order valence-electron chi connectivity index (χ3n) is 5.83. The summed E-state index contributed by atoms with van der Waals surface area (Å²) in [6.07, 6.45) is 6.89. The van der Waals surface area contributed by atoms with E-state index in [9.17, 15) is 0 Å². The molecule has 3 aromatic heterocycles. The Balaban J connectivity index is 1.27. The molecule has 1 aromatic carbocycles. The maximum atomic E-state index is 6.09. The quantitative estimate of drug-likeness (QED) is 0.503. The molecular formula is C22H22ClN5O2. The van der Waals surface area contributed by atoms with Gasteiger partial charge in [-0.2, -0.15) is 0 Å². The lowest BCUT2D eigenvalue weighted by Gasteiger charge is -2.15. The van der Waals surface area contributed by atoms with Gasteiger partial charge in [-0.05, 0) is 49.4 Å². The molecule has 0 spiro atoms. The number of aromatic nitrogens is 4. The fourth-order valence-electron chi connectivity index (χ4n) is 4.30. The van der Waals surface area contributed by atoms with E-state index in [1.807, 2.05) is 30.3 Å². The van der Waals surface area contributed by atoms with Crippen LogP contribution < -0.4 is 15.2 Å². The number of halogens is 1. The summed E-state index contributed by atoms with van der Waals surface area (Å²) < 4.78 is 13.7. The Morgan fingerprint density at radius 1 is 1.20 bits per heavy atom. The predicted molar refractivity (Wildman–Crippen MR) is 117 cm³/mol. The molecule has 0 bridgehead atoms. The Hall–Kier alpha value is -3.06. The lowest BCUT2D eigenvalue weighted by Crippen LogP contribution is -2.10. The topological polar surface area (TPSA) is 88.1 Å². The first kappa shape index (κ1) is 18.9. The second kappa shape index (κ2) is 7.65. The van der Waals surface area contributed by atoms with Crippen molar-refractivity contribution in [3.8, 4) is 11.6 Å². The largest absolute Gasteiger partial charge is 0.493 e. The number of methoxy groups -OCH3 is 1. The van der Waals surface area contributed by atoms with Gasteiger partial charge in [-0.1, -0.05) is 11.6 Å². The van der Waals surface area contributed by atoms with Crippen LogP contribution in [0, 0.1) is 5.92 Å². The number of hydrogen-bond donors (Lipinski definition) is 1. The van der Waals surface area contributed by atoms with Crippen LogP contribution in [-0.2, 0) is 0 Å². The van der Waals surface area contributed by atoms with E-state index in [2.05, 4.69) is 25.7 Å². The first-order valence-electron chi connectivity index (χ1n) is 9.96. The summed E-state index contributed by atoms with van der Waals surface area (Å²) in [4.78, 5) is 13.0. The van der Waals surface area contributed by atoms with E-state index < -0.39 is 0 Å². The Kier molecular flexibility index (Phi) is 4.83. The number of ether oxygens (including phenoxy) is 2. The van der Waals surface area contributed by atoms with Gasteiger partial charge in [0.1, 0.15) is 23.5 Å². The van der Waals surface area contributed by atoms with Gasteiger partial charge in [-0.15, -0.1) is 0 Å². The Morgan fingerprint density at radius 3 is 2.97 bits per heavy atom. The lowest BCUT2D eigenvalue weighted by atomic mass is 10.1. The maximum Gasteiger partial charge on any atom is 0.225 e. The molecule has 2 atom stereocenters. The highest BCUT2D eigenvalue weighted by molar-refractivity contribution is 6.33. The van der Waals surface area contributed by atoms with E-state index >= 15 is 0 Å². The minimum atomic E-state index is 0.333. The molecule has 1 saturated carbocycles. The van der Waals surface area contributed by atoms with E-state index in [0.29, 0.717) is 35.3 Å². The number of nitrogen functional groups attached to an aromatic ring is 1. The molecule has 2 N–H and O–H groups in total. The van der Waals surface area contributed by atoms with E-state index in [-0.39, 0.29) is 0 Å². The molecule has 0 amide bonds. The molecule has 5 rings (SSSR count).